The van der Waals surface area contributed by atoms with E-state index >= 15 is 0 Å². The predicted molar refractivity (Wildman–Crippen MR) is 120 cm³/mol. The molecule has 1 aliphatic heterocycles. The van der Waals surface area contributed by atoms with Crippen LogP contribution in [-0.4, -0.2) is 33.7 Å². The lowest BCUT2D eigenvalue weighted by Crippen LogP contribution is -2.30. The fourth-order valence-corrected chi connectivity index (χ4v) is 3.80. The van der Waals surface area contributed by atoms with Crippen molar-refractivity contribution in [1.82, 2.24) is 20.0 Å². The van der Waals surface area contributed by atoms with Crippen molar-refractivity contribution in [2.75, 3.05) is 13.1 Å². The van der Waals surface area contributed by atoms with Gasteiger partial charge in [-0.15, -0.1) is 0 Å². The summed E-state index contributed by atoms with van der Waals surface area (Å²) in [5, 5.41) is 7.37. The first kappa shape index (κ1) is 20.1. The highest BCUT2D eigenvalue weighted by molar-refractivity contribution is 5.91. The van der Waals surface area contributed by atoms with Crippen LogP contribution in [0.15, 0.2) is 73.1 Å². The first-order valence-corrected chi connectivity index (χ1v) is 10.6. The molecular weight excluding hydrogens is 372 g/mol. The summed E-state index contributed by atoms with van der Waals surface area (Å²) in [5.74, 6) is -0.102. The molecule has 2 aromatic carbocycles. The number of amides is 1. The summed E-state index contributed by atoms with van der Waals surface area (Å²) in [4.78, 5) is 14.8. The van der Waals surface area contributed by atoms with E-state index in [0.29, 0.717) is 6.54 Å². The number of likely N-dealkylation sites (tertiary alicyclic amines) is 1. The van der Waals surface area contributed by atoms with Gasteiger partial charge in [-0.3, -0.25) is 9.69 Å². The number of benzene rings is 2. The first-order valence-electron chi connectivity index (χ1n) is 10.6. The summed E-state index contributed by atoms with van der Waals surface area (Å²) in [7, 11) is 0. The number of nitrogens with one attached hydrogen (secondary N) is 1. The molecule has 5 heteroatoms. The average molecular weight is 401 g/mol. The lowest BCUT2D eigenvalue weighted by Gasteiger charge is -2.27. The van der Waals surface area contributed by atoms with Gasteiger partial charge in [-0.25, -0.2) is 4.68 Å². The second-order valence-electron chi connectivity index (χ2n) is 7.71. The molecule has 5 nitrogen and oxygen atoms in total. The Balaban J connectivity index is 1.32. The third kappa shape index (κ3) is 5.45. The van der Waals surface area contributed by atoms with Crippen LogP contribution in [0.5, 0.6) is 0 Å². The van der Waals surface area contributed by atoms with E-state index in [9.17, 15) is 4.79 Å². The maximum atomic E-state index is 12.3. The van der Waals surface area contributed by atoms with Gasteiger partial charge < -0.3 is 5.32 Å². The highest BCUT2D eigenvalue weighted by Gasteiger charge is 2.12. The first-order chi connectivity index (χ1) is 14.8. The van der Waals surface area contributed by atoms with Crippen molar-refractivity contribution < 1.29 is 4.79 Å². The molecule has 30 heavy (non-hydrogen) atoms. The largest absolute Gasteiger partial charge is 0.348 e. The van der Waals surface area contributed by atoms with Crippen LogP contribution in [0.1, 0.15) is 36.0 Å². The zero-order valence-electron chi connectivity index (χ0n) is 17.2. The molecule has 0 unspecified atom stereocenters. The van der Waals surface area contributed by atoms with Crippen LogP contribution in [0.2, 0.25) is 0 Å². The molecule has 4 rings (SSSR count). The number of nitrogens with zero attached hydrogens (tertiary/aromatic N) is 3. The van der Waals surface area contributed by atoms with Gasteiger partial charge in [0.05, 0.1) is 11.9 Å². The second kappa shape index (κ2) is 10.0. The van der Waals surface area contributed by atoms with Crippen LogP contribution in [-0.2, 0) is 17.9 Å². The summed E-state index contributed by atoms with van der Waals surface area (Å²) in [6.07, 6.45) is 10.9. The van der Waals surface area contributed by atoms with Crippen LogP contribution in [0, 0.1) is 0 Å². The van der Waals surface area contributed by atoms with Crippen molar-refractivity contribution in [3.05, 3.63) is 89.8 Å². The Labute approximate surface area is 178 Å². The highest BCUT2D eigenvalue weighted by Crippen LogP contribution is 2.16. The predicted octanol–water partition coefficient (Wildman–Crippen LogP) is 4.19. The Morgan fingerprint density at radius 3 is 2.50 bits per heavy atom. The smallest absolute Gasteiger partial charge is 0.244 e. The topological polar surface area (TPSA) is 50.2 Å². The number of rotatable bonds is 7. The minimum Gasteiger partial charge on any atom is -0.348 e. The monoisotopic (exact) mass is 400 g/mol. The second-order valence-corrected chi connectivity index (χ2v) is 7.71. The van der Waals surface area contributed by atoms with Crippen molar-refractivity contribution in [3.8, 4) is 5.69 Å². The average Bonchev–Trinajstić information content (AvgIpc) is 3.28. The van der Waals surface area contributed by atoms with E-state index in [0.717, 1.165) is 17.8 Å². The van der Waals surface area contributed by atoms with Crippen molar-refractivity contribution in [1.29, 1.82) is 0 Å². The van der Waals surface area contributed by atoms with Gasteiger partial charge in [0.25, 0.3) is 0 Å². The number of hydrogen-bond acceptors (Lipinski definition) is 3. The Kier molecular flexibility index (Phi) is 6.72. The molecule has 1 N–H and O–H groups in total. The molecule has 154 valence electrons. The van der Waals surface area contributed by atoms with Crippen molar-refractivity contribution in [2.45, 2.75) is 32.4 Å². The Morgan fingerprint density at radius 1 is 0.967 bits per heavy atom. The van der Waals surface area contributed by atoms with Gasteiger partial charge in [0.1, 0.15) is 0 Å². The zero-order valence-corrected chi connectivity index (χ0v) is 17.2. The van der Waals surface area contributed by atoms with Gasteiger partial charge in [-0.2, -0.15) is 5.10 Å². The van der Waals surface area contributed by atoms with E-state index in [1.807, 2.05) is 42.6 Å². The van der Waals surface area contributed by atoms with Crippen molar-refractivity contribution in [2.24, 2.45) is 0 Å². The van der Waals surface area contributed by atoms with Crippen molar-refractivity contribution in [3.63, 3.8) is 0 Å². The van der Waals surface area contributed by atoms with Gasteiger partial charge >= 0.3 is 0 Å². The molecule has 1 saturated heterocycles. The van der Waals surface area contributed by atoms with E-state index in [1.165, 1.54) is 43.5 Å². The number of hydrogen-bond donors (Lipinski definition) is 1. The van der Waals surface area contributed by atoms with Crippen LogP contribution >= 0.6 is 0 Å². The Morgan fingerprint density at radius 2 is 1.70 bits per heavy atom. The molecule has 1 fully saturated rings. The van der Waals surface area contributed by atoms with Gasteiger partial charge in [0, 0.05) is 30.9 Å². The van der Waals surface area contributed by atoms with Crippen LogP contribution in [0.25, 0.3) is 11.8 Å². The molecule has 0 spiro atoms. The minimum absolute atomic E-state index is 0.102. The van der Waals surface area contributed by atoms with Gasteiger partial charge in [0.15, 0.2) is 0 Å². The van der Waals surface area contributed by atoms with Crippen molar-refractivity contribution >= 4 is 12.0 Å². The summed E-state index contributed by atoms with van der Waals surface area (Å²) < 4.78 is 1.80. The van der Waals surface area contributed by atoms with E-state index in [-0.39, 0.29) is 5.91 Å². The molecule has 1 aromatic heterocycles. The Hall–Kier alpha value is -3.18. The SMILES string of the molecule is O=C(/C=C/c1cnn(-c2ccccc2)c1)NCc1ccccc1CN1CCCCC1. The van der Waals surface area contributed by atoms with Gasteiger partial charge in [0.2, 0.25) is 5.91 Å². The summed E-state index contributed by atoms with van der Waals surface area (Å²) in [6, 6.07) is 18.3. The standard InChI is InChI=1S/C25H28N4O/c30-25(14-13-21-17-27-29(19-21)24-11-3-1-4-12-24)26-18-22-9-5-6-10-23(22)20-28-15-7-2-8-16-28/h1,3-6,9-14,17,19H,2,7-8,15-16,18,20H2,(H,26,30)/b14-13+. The van der Waals surface area contributed by atoms with Gasteiger partial charge in [-0.05, 0) is 55.3 Å². The normalized spacial score (nSPS) is 14.8. The number of carbonyl (C=O) groups is 1. The summed E-state index contributed by atoms with van der Waals surface area (Å²) in [6.45, 7) is 3.83. The molecule has 0 atom stereocenters. The lowest BCUT2D eigenvalue weighted by atomic mass is 10.0. The maximum absolute atomic E-state index is 12.3. The Bertz CT molecular complexity index is 987. The fourth-order valence-electron chi connectivity index (χ4n) is 3.80. The lowest BCUT2D eigenvalue weighted by molar-refractivity contribution is -0.116. The number of piperidine rings is 1. The maximum Gasteiger partial charge on any atom is 0.244 e. The zero-order chi connectivity index (χ0) is 20.6. The van der Waals surface area contributed by atoms with Gasteiger partial charge in [-0.1, -0.05) is 48.9 Å². The minimum atomic E-state index is -0.102. The van der Waals surface area contributed by atoms with Crippen LogP contribution in [0.3, 0.4) is 0 Å². The van der Waals surface area contributed by atoms with Crippen LogP contribution < -0.4 is 5.32 Å². The van der Waals surface area contributed by atoms with E-state index in [1.54, 1.807) is 23.0 Å². The third-order valence-corrected chi connectivity index (χ3v) is 5.46. The molecule has 1 aliphatic rings. The quantitative estimate of drug-likeness (QED) is 0.605. The molecule has 0 bridgehead atoms. The van der Waals surface area contributed by atoms with E-state index in [2.05, 4.69) is 33.5 Å². The fraction of sp³-hybridized carbons (Fsp3) is 0.280. The highest BCUT2D eigenvalue weighted by atomic mass is 16.1. The number of para-hydroxylation sites is 1. The van der Waals surface area contributed by atoms with E-state index < -0.39 is 0 Å². The van der Waals surface area contributed by atoms with E-state index in [4.69, 9.17) is 0 Å². The molecule has 2 heterocycles. The van der Waals surface area contributed by atoms with Crippen LogP contribution in [0.4, 0.5) is 0 Å². The number of carbonyl (C=O) groups excluding carboxylic acids is 1. The molecular formula is C25H28N4O. The summed E-state index contributed by atoms with van der Waals surface area (Å²) >= 11 is 0. The molecule has 1 amide bonds. The molecule has 0 saturated carbocycles. The molecule has 0 radical (unpaired) electrons. The summed E-state index contributed by atoms with van der Waals surface area (Å²) in [5.41, 5.74) is 4.36. The molecule has 3 aromatic rings. The number of aromatic nitrogens is 2. The molecule has 0 aliphatic carbocycles. The third-order valence-electron chi connectivity index (χ3n) is 5.46.